The zero-order chi connectivity index (χ0) is 15.3. The van der Waals surface area contributed by atoms with Crippen LogP contribution in [0.1, 0.15) is 33.6 Å². The maximum atomic E-state index is 11.8. The first-order valence-corrected chi connectivity index (χ1v) is 7.61. The Morgan fingerprint density at radius 1 is 1.60 bits per heavy atom. The molecule has 1 aliphatic heterocycles. The Balaban J connectivity index is 2.44. The van der Waals surface area contributed by atoms with Crippen LogP contribution in [-0.2, 0) is 9.53 Å². The maximum Gasteiger partial charge on any atom is 0.325 e. The van der Waals surface area contributed by atoms with Gasteiger partial charge in [0, 0.05) is 19.1 Å². The predicted octanol–water partition coefficient (Wildman–Crippen LogP) is 0.929. The molecule has 0 aromatic rings. The molecule has 118 valence electrons. The van der Waals surface area contributed by atoms with E-state index in [1.54, 1.807) is 13.8 Å². The van der Waals surface area contributed by atoms with Crippen molar-refractivity contribution in [2.75, 3.05) is 40.3 Å². The molecule has 1 rings (SSSR count). The van der Waals surface area contributed by atoms with Gasteiger partial charge in [-0.3, -0.25) is 4.79 Å². The van der Waals surface area contributed by atoms with E-state index in [4.69, 9.17) is 10.5 Å². The summed E-state index contributed by atoms with van der Waals surface area (Å²) >= 11 is 0. The molecule has 3 atom stereocenters. The van der Waals surface area contributed by atoms with Crippen LogP contribution in [0.2, 0.25) is 0 Å². The van der Waals surface area contributed by atoms with Crippen LogP contribution in [0.4, 0.5) is 0 Å². The molecule has 1 heterocycles. The fourth-order valence-electron chi connectivity index (χ4n) is 2.91. The summed E-state index contributed by atoms with van der Waals surface area (Å²) in [5.74, 6) is 0.417. The molecule has 1 saturated heterocycles. The number of ether oxygens (including phenoxy) is 1. The van der Waals surface area contributed by atoms with E-state index in [2.05, 4.69) is 30.8 Å². The van der Waals surface area contributed by atoms with Crippen molar-refractivity contribution in [3.8, 4) is 0 Å². The third-order valence-corrected chi connectivity index (χ3v) is 4.25. The van der Waals surface area contributed by atoms with Crippen molar-refractivity contribution >= 4 is 5.97 Å². The number of esters is 1. The lowest BCUT2D eigenvalue weighted by Crippen LogP contribution is -2.51. The van der Waals surface area contributed by atoms with Gasteiger partial charge in [0.05, 0.1) is 6.61 Å². The van der Waals surface area contributed by atoms with E-state index in [1.165, 1.54) is 13.0 Å². The van der Waals surface area contributed by atoms with Gasteiger partial charge in [0.1, 0.15) is 5.54 Å². The van der Waals surface area contributed by atoms with Crippen molar-refractivity contribution < 1.29 is 9.53 Å². The highest BCUT2D eigenvalue weighted by Gasteiger charge is 2.33. The lowest BCUT2D eigenvalue weighted by atomic mass is 9.94. The average molecular weight is 285 g/mol. The van der Waals surface area contributed by atoms with Crippen molar-refractivity contribution in [2.24, 2.45) is 11.7 Å². The number of nitrogens with zero attached hydrogens (tertiary/aromatic N) is 2. The zero-order valence-corrected chi connectivity index (χ0v) is 13.7. The van der Waals surface area contributed by atoms with Crippen molar-refractivity contribution in [3.63, 3.8) is 0 Å². The molecule has 2 N–H and O–H groups in total. The maximum absolute atomic E-state index is 11.8. The lowest BCUT2D eigenvalue weighted by molar-refractivity contribution is -0.149. The van der Waals surface area contributed by atoms with Gasteiger partial charge in [-0.1, -0.05) is 0 Å². The summed E-state index contributed by atoms with van der Waals surface area (Å²) in [5, 5.41) is 0. The molecule has 3 unspecified atom stereocenters. The SMILES string of the molecule is CCOC(=O)C(C)(N)CC(C)N(C)CC1CCN(C)C1. The normalized spacial score (nSPS) is 24.6. The fraction of sp³-hybridized carbons (Fsp3) is 0.933. The van der Waals surface area contributed by atoms with Crippen LogP contribution in [0.3, 0.4) is 0 Å². The molecule has 0 bridgehead atoms. The summed E-state index contributed by atoms with van der Waals surface area (Å²) in [6, 6.07) is 0.264. The average Bonchev–Trinajstić information content (AvgIpc) is 2.74. The van der Waals surface area contributed by atoms with E-state index < -0.39 is 5.54 Å². The second kappa shape index (κ2) is 7.38. The number of hydrogen-bond donors (Lipinski definition) is 1. The molecular formula is C15H31N3O2. The molecule has 0 spiro atoms. The highest BCUT2D eigenvalue weighted by molar-refractivity contribution is 5.80. The van der Waals surface area contributed by atoms with Crippen LogP contribution in [0.15, 0.2) is 0 Å². The number of carbonyl (C=O) groups excluding carboxylic acids is 1. The Hall–Kier alpha value is -0.650. The Labute approximate surface area is 123 Å². The van der Waals surface area contributed by atoms with Crippen LogP contribution in [0.5, 0.6) is 0 Å². The second-order valence-electron chi connectivity index (χ2n) is 6.55. The van der Waals surface area contributed by atoms with Gasteiger partial charge >= 0.3 is 5.97 Å². The van der Waals surface area contributed by atoms with Crippen molar-refractivity contribution in [1.82, 2.24) is 9.80 Å². The number of hydrogen-bond acceptors (Lipinski definition) is 5. The highest BCUT2D eigenvalue weighted by atomic mass is 16.5. The van der Waals surface area contributed by atoms with Crippen LogP contribution >= 0.6 is 0 Å². The van der Waals surface area contributed by atoms with Gasteiger partial charge in [-0.25, -0.2) is 0 Å². The first-order chi connectivity index (χ1) is 9.26. The molecular weight excluding hydrogens is 254 g/mol. The van der Waals surface area contributed by atoms with E-state index in [-0.39, 0.29) is 12.0 Å². The molecule has 20 heavy (non-hydrogen) atoms. The first-order valence-electron chi connectivity index (χ1n) is 7.61. The number of carbonyl (C=O) groups is 1. The summed E-state index contributed by atoms with van der Waals surface area (Å²) in [5.41, 5.74) is 5.20. The Morgan fingerprint density at radius 3 is 2.75 bits per heavy atom. The Morgan fingerprint density at radius 2 is 2.25 bits per heavy atom. The van der Waals surface area contributed by atoms with Crippen molar-refractivity contribution in [2.45, 2.75) is 45.2 Å². The van der Waals surface area contributed by atoms with E-state index >= 15 is 0 Å². The summed E-state index contributed by atoms with van der Waals surface area (Å²) in [6.07, 6.45) is 1.87. The van der Waals surface area contributed by atoms with Gasteiger partial charge in [-0.15, -0.1) is 0 Å². The summed E-state index contributed by atoms with van der Waals surface area (Å²) in [7, 11) is 4.28. The molecule has 5 heteroatoms. The predicted molar refractivity (Wildman–Crippen MR) is 81.5 cm³/mol. The Kier molecular flexibility index (Phi) is 6.43. The smallest absolute Gasteiger partial charge is 0.325 e. The second-order valence-corrected chi connectivity index (χ2v) is 6.55. The van der Waals surface area contributed by atoms with Gasteiger partial charge in [-0.2, -0.15) is 0 Å². The topological polar surface area (TPSA) is 58.8 Å². The lowest BCUT2D eigenvalue weighted by Gasteiger charge is -2.32. The third kappa shape index (κ3) is 5.04. The number of nitrogens with two attached hydrogens (primary N) is 1. The molecule has 5 nitrogen and oxygen atoms in total. The van der Waals surface area contributed by atoms with E-state index in [0.717, 1.165) is 19.0 Å². The largest absolute Gasteiger partial charge is 0.465 e. The minimum absolute atomic E-state index is 0.264. The molecule has 0 aromatic carbocycles. The fourth-order valence-corrected chi connectivity index (χ4v) is 2.91. The zero-order valence-electron chi connectivity index (χ0n) is 13.7. The van der Waals surface area contributed by atoms with E-state index in [0.29, 0.717) is 13.0 Å². The van der Waals surface area contributed by atoms with Gasteiger partial charge in [-0.05, 0) is 60.2 Å². The van der Waals surface area contributed by atoms with Crippen LogP contribution in [0.25, 0.3) is 0 Å². The van der Waals surface area contributed by atoms with E-state index in [1.807, 2.05) is 0 Å². The van der Waals surface area contributed by atoms with Crippen molar-refractivity contribution in [1.29, 1.82) is 0 Å². The van der Waals surface area contributed by atoms with Gasteiger partial charge in [0.25, 0.3) is 0 Å². The van der Waals surface area contributed by atoms with Gasteiger partial charge in [0.15, 0.2) is 0 Å². The highest BCUT2D eigenvalue weighted by Crippen LogP contribution is 2.19. The molecule has 0 saturated carbocycles. The first kappa shape index (κ1) is 17.4. The molecule has 0 aromatic heterocycles. The minimum Gasteiger partial charge on any atom is -0.465 e. The Bertz CT molecular complexity index is 320. The summed E-state index contributed by atoms with van der Waals surface area (Å²) < 4.78 is 5.05. The van der Waals surface area contributed by atoms with Crippen molar-refractivity contribution in [3.05, 3.63) is 0 Å². The van der Waals surface area contributed by atoms with Crippen LogP contribution in [0, 0.1) is 5.92 Å². The van der Waals surface area contributed by atoms with Crippen LogP contribution < -0.4 is 5.73 Å². The summed E-state index contributed by atoms with van der Waals surface area (Å²) in [4.78, 5) is 16.5. The summed E-state index contributed by atoms with van der Waals surface area (Å²) in [6.45, 7) is 9.48. The monoisotopic (exact) mass is 285 g/mol. The van der Waals surface area contributed by atoms with Crippen LogP contribution in [-0.4, -0.2) is 67.7 Å². The molecule has 0 aliphatic carbocycles. The standard InChI is InChI=1S/C15H31N3O2/c1-6-20-14(19)15(3,16)9-12(2)18(5)11-13-7-8-17(4)10-13/h12-13H,6-11,16H2,1-5H3. The van der Waals surface area contributed by atoms with Gasteiger partial charge in [0.2, 0.25) is 0 Å². The number of likely N-dealkylation sites (tertiary alicyclic amines) is 1. The molecule has 1 aliphatic rings. The minimum atomic E-state index is -0.907. The molecule has 1 fully saturated rings. The van der Waals surface area contributed by atoms with E-state index in [9.17, 15) is 4.79 Å². The molecule has 0 radical (unpaired) electrons. The molecule has 0 amide bonds. The quantitative estimate of drug-likeness (QED) is 0.705. The van der Waals surface area contributed by atoms with Gasteiger partial charge < -0.3 is 20.3 Å². The number of rotatable bonds is 7. The third-order valence-electron chi connectivity index (χ3n) is 4.25.